The van der Waals surface area contributed by atoms with E-state index in [1.54, 1.807) is 19.2 Å². The Labute approximate surface area is 158 Å². The van der Waals surface area contributed by atoms with Crippen LogP contribution in [0.15, 0.2) is 63.9 Å². The predicted octanol–water partition coefficient (Wildman–Crippen LogP) is 3.38. The molecule has 0 aliphatic rings. The molecule has 1 aromatic heterocycles. The molecule has 0 fully saturated rings. The number of benzene rings is 2. The number of carbonyl (C=O) groups is 1. The molecule has 0 aliphatic heterocycles. The molecule has 0 saturated carbocycles. The van der Waals surface area contributed by atoms with Crippen LogP contribution in [-0.4, -0.2) is 23.0 Å². The van der Waals surface area contributed by atoms with E-state index in [9.17, 15) is 9.59 Å². The van der Waals surface area contributed by atoms with Crippen molar-refractivity contribution in [2.24, 2.45) is 0 Å². The van der Waals surface area contributed by atoms with Gasteiger partial charge in [0.1, 0.15) is 17.3 Å². The summed E-state index contributed by atoms with van der Waals surface area (Å²) in [5.74, 6) is 0.732. The Hall–Kier alpha value is -2.93. The zero-order chi connectivity index (χ0) is 18.5. The number of hydrogen-bond donors (Lipinski definition) is 2. The van der Waals surface area contributed by atoms with Crippen LogP contribution in [0.25, 0.3) is 0 Å². The van der Waals surface area contributed by atoms with E-state index in [2.05, 4.69) is 31.2 Å². The van der Waals surface area contributed by atoms with Crippen LogP contribution in [0, 0.1) is 0 Å². The summed E-state index contributed by atoms with van der Waals surface area (Å²) < 4.78 is 6.03. The lowest BCUT2D eigenvalue weighted by atomic mass is 10.1. The van der Waals surface area contributed by atoms with Gasteiger partial charge < -0.3 is 15.0 Å². The van der Waals surface area contributed by atoms with E-state index in [1.807, 2.05) is 36.4 Å². The van der Waals surface area contributed by atoms with Crippen molar-refractivity contribution in [1.82, 2.24) is 9.97 Å². The number of ether oxygens (including phenoxy) is 1. The topological polar surface area (TPSA) is 84.1 Å². The highest BCUT2D eigenvalue weighted by molar-refractivity contribution is 9.10. The fraction of sp³-hybridized carbons (Fsp3) is 0.105. The maximum absolute atomic E-state index is 12.4. The third-order valence-electron chi connectivity index (χ3n) is 3.66. The van der Waals surface area contributed by atoms with Gasteiger partial charge in [-0.3, -0.25) is 9.59 Å². The van der Waals surface area contributed by atoms with E-state index in [1.165, 1.54) is 6.07 Å². The fourth-order valence-corrected chi connectivity index (χ4v) is 2.64. The largest absolute Gasteiger partial charge is 0.497 e. The lowest BCUT2D eigenvalue weighted by Gasteiger charge is -2.07. The summed E-state index contributed by atoms with van der Waals surface area (Å²) in [6.07, 6.45) is 0.401. The summed E-state index contributed by atoms with van der Waals surface area (Å²) in [5, 5.41) is 2.73. The molecule has 2 N–H and O–H groups in total. The number of nitrogens with zero attached hydrogens (tertiary/aromatic N) is 1. The van der Waals surface area contributed by atoms with Gasteiger partial charge in [-0.15, -0.1) is 0 Å². The molecule has 0 bridgehead atoms. The van der Waals surface area contributed by atoms with Gasteiger partial charge in [0.25, 0.3) is 11.5 Å². The highest BCUT2D eigenvalue weighted by Gasteiger charge is 2.11. The number of halogens is 1. The molecule has 26 heavy (non-hydrogen) atoms. The van der Waals surface area contributed by atoms with E-state index in [0.29, 0.717) is 17.9 Å². The summed E-state index contributed by atoms with van der Waals surface area (Å²) in [5.41, 5.74) is 1.26. The molecule has 132 valence electrons. The number of carbonyl (C=O) groups excluding carboxylic acids is 1. The van der Waals surface area contributed by atoms with Crippen molar-refractivity contribution in [1.29, 1.82) is 0 Å². The minimum atomic E-state index is -0.436. The summed E-state index contributed by atoms with van der Waals surface area (Å²) in [7, 11) is 1.60. The van der Waals surface area contributed by atoms with Gasteiger partial charge in [-0.1, -0.05) is 28.1 Å². The molecule has 2 aromatic carbocycles. The minimum absolute atomic E-state index is 0.0696. The summed E-state index contributed by atoms with van der Waals surface area (Å²) in [4.78, 5) is 31.2. The normalized spacial score (nSPS) is 10.4. The van der Waals surface area contributed by atoms with Gasteiger partial charge in [0.15, 0.2) is 0 Å². The van der Waals surface area contributed by atoms with Crippen molar-refractivity contribution < 1.29 is 9.53 Å². The van der Waals surface area contributed by atoms with Gasteiger partial charge in [-0.2, -0.15) is 0 Å². The quantitative estimate of drug-likeness (QED) is 0.671. The predicted molar refractivity (Wildman–Crippen MR) is 103 cm³/mol. The standard InChI is InChI=1S/C19H16BrN3O3/c1-26-15-8-2-12(3-9-15)10-17-22-16(11-18(24)23-17)19(25)21-14-6-4-13(20)5-7-14/h2-9,11H,10H2,1H3,(H,21,25)(H,22,23,24). The van der Waals surface area contributed by atoms with Crippen LogP contribution in [0.3, 0.4) is 0 Å². The highest BCUT2D eigenvalue weighted by Crippen LogP contribution is 2.15. The number of aromatic amines is 1. The van der Waals surface area contributed by atoms with Crippen LogP contribution in [-0.2, 0) is 6.42 Å². The fourth-order valence-electron chi connectivity index (χ4n) is 2.37. The average Bonchev–Trinajstić information content (AvgIpc) is 2.64. The Morgan fingerprint density at radius 2 is 1.85 bits per heavy atom. The number of nitrogens with one attached hydrogen (secondary N) is 2. The number of methoxy groups -OCH3 is 1. The Balaban J connectivity index is 1.78. The van der Waals surface area contributed by atoms with Crippen molar-refractivity contribution in [2.45, 2.75) is 6.42 Å². The maximum atomic E-state index is 12.4. The Bertz CT molecular complexity index is 967. The average molecular weight is 414 g/mol. The molecule has 3 rings (SSSR count). The Kier molecular flexibility index (Phi) is 5.48. The molecule has 0 spiro atoms. The van der Waals surface area contributed by atoms with Gasteiger partial charge >= 0.3 is 0 Å². The van der Waals surface area contributed by atoms with E-state index < -0.39 is 5.91 Å². The van der Waals surface area contributed by atoms with Crippen molar-refractivity contribution in [3.8, 4) is 5.75 Å². The molecule has 0 unspecified atom stereocenters. The molecule has 0 atom stereocenters. The SMILES string of the molecule is COc1ccc(Cc2nc(C(=O)Nc3ccc(Br)cc3)cc(=O)[nH]2)cc1. The third-order valence-corrected chi connectivity index (χ3v) is 4.18. The number of H-pyrrole nitrogens is 1. The van der Waals surface area contributed by atoms with Crippen LogP contribution < -0.4 is 15.6 Å². The van der Waals surface area contributed by atoms with E-state index in [0.717, 1.165) is 15.8 Å². The summed E-state index contributed by atoms with van der Waals surface area (Å²) in [6.45, 7) is 0. The Morgan fingerprint density at radius 3 is 2.50 bits per heavy atom. The lowest BCUT2D eigenvalue weighted by molar-refractivity contribution is 0.102. The van der Waals surface area contributed by atoms with Crippen LogP contribution in [0.5, 0.6) is 5.75 Å². The number of aromatic nitrogens is 2. The first-order valence-electron chi connectivity index (χ1n) is 7.83. The first-order chi connectivity index (χ1) is 12.5. The smallest absolute Gasteiger partial charge is 0.274 e. The van der Waals surface area contributed by atoms with Gasteiger partial charge in [0.2, 0.25) is 0 Å². The van der Waals surface area contributed by atoms with Crippen LogP contribution in [0.1, 0.15) is 21.9 Å². The van der Waals surface area contributed by atoms with Gasteiger partial charge in [-0.05, 0) is 42.0 Å². The molecule has 1 amide bonds. The van der Waals surface area contributed by atoms with Crippen LogP contribution in [0.4, 0.5) is 5.69 Å². The zero-order valence-electron chi connectivity index (χ0n) is 14.0. The lowest BCUT2D eigenvalue weighted by Crippen LogP contribution is -2.20. The first-order valence-corrected chi connectivity index (χ1v) is 8.63. The van der Waals surface area contributed by atoms with Crippen molar-refractivity contribution >= 4 is 27.5 Å². The van der Waals surface area contributed by atoms with E-state index in [4.69, 9.17) is 4.74 Å². The molecular formula is C19H16BrN3O3. The van der Waals surface area contributed by atoms with Crippen LogP contribution in [0.2, 0.25) is 0 Å². The van der Waals surface area contributed by atoms with Gasteiger partial charge in [0, 0.05) is 22.6 Å². The molecular weight excluding hydrogens is 398 g/mol. The second kappa shape index (κ2) is 7.97. The first kappa shape index (κ1) is 17.9. The molecule has 3 aromatic rings. The Morgan fingerprint density at radius 1 is 1.15 bits per heavy atom. The molecule has 0 radical (unpaired) electrons. The van der Waals surface area contributed by atoms with E-state index >= 15 is 0 Å². The van der Waals surface area contributed by atoms with Crippen molar-refractivity contribution in [3.05, 3.63) is 86.5 Å². The van der Waals surface area contributed by atoms with Gasteiger partial charge in [0.05, 0.1) is 7.11 Å². The molecule has 0 aliphatic carbocycles. The summed E-state index contributed by atoms with van der Waals surface area (Å²) >= 11 is 3.34. The second-order valence-corrected chi connectivity index (χ2v) is 6.48. The zero-order valence-corrected chi connectivity index (χ0v) is 15.5. The van der Waals surface area contributed by atoms with Crippen molar-refractivity contribution in [3.63, 3.8) is 0 Å². The molecule has 0 saturated heterocycles. The highest BCUT2D eigenvalue weighted by atomic mass is 79.9. The van der Waals surface area contributed by atoms with E-state index in [-0.39, 0.29) is 11.3 Å². The number of rotatable bonds is 5. The number of hydrogen-bond acceptors (Lipinski definition) is 4. The molecule has 6 nitrogen and oxygen atoms in total. The summed E-state index contributed by atoms with van der Waals surface area (Å²) in [6, 6.07) is 15.8. The number of amides is 1. The molecule has 7 heteroatoms. The number of anilines is 1. The molecule has 1 heterocycles. The van der Waals surface area contributed by atoms with Crippen LogP contribution >= 0.6 is 15.9 Å². The maximum Gasteiger partial charge on any atom is 0.274 e. The third kappa shape index (κ3) is 4.58. The monoisotopic (exact) mass is 413 g/mol. The van der Waals surface area contributed by atoms with Gasteiger partial charge in [-0.25, -0.2) is 4.98 Å². The minimum Gasteiger partial charge on any atom is -0.497 e. The second-order valence-electron chi connectivity index (χ2n) is 5.56. The van der Waals surface area contributed by atoms with Crippen molar-refractivity contribution in [2.75, 3.05) is 12.4 Å².